The molecule has 0 unspecified atom stereocenters. The molecule has 3 nitrogen and oxygen atoms in total. The van der Waals surface area contributed by atoms with E-state index < -0.39 is 19.0 Å². The lowest BCUT2D eigenvalue weighted by Crippen LogP contribution is -2.49. The van der Waals surface area contributed by atoms with Crippen molar-refractivity contribution in [2.45, 2.75) is 25.4 Å². The maximum absolute atomic E-state index is 12.2. The highest BCUT2D eigenvalue weighted by Gasteiger charge is 2.27. The normalized spacial score (nSPS) is 18.6. The van der Waals surface area contributed by atoms with Crippen molar-refractivity contribution in [3.63, 3.8) is 0 Å². The molecule has 1 heterocycles. The first kappa shape index (κ1) is 13.0. The zero-order valence-electron chi connectivity index (χ0n) is 10.2. The van der Waals surface area contributed by atoms with E-state index in [0.717, 1.165) is 16.0 Å². The molecule has 1 aliphatic rings. The van der Waals surface area contributed by atoms with Gasteiger partial charge < -0.3 is 10.2 Å². The number of alkyl halides is 2. The molecule has 1 N–H and O–H groups in total. The third-order valence-electron chi connectivity index (χ3n) is 3.17. The number of rotatable bonds is 3. The first-order chi connectivity index (χ1) is 8.58. The molecule has 1 aromatic carbocycles. The number of amides is 1. The van der Waals surface area contributed by atoms with Crippen molar-refractivity contribution >= 4 is 5.91 Å². The van der Waals surface area contributed by atoms with E-state index in [1.807, 2.05) is 24.3 Å². The summed E-state index contributed by atoms with van der Waals surface area (Å²) in [7, 11) is 1.41. The van der Waals surface area contributed by atoms with E-state index in [-0.39, 0.29) is 5.91 Å². The molecule has 0 saturated carbocycles. The summed E-state index contributed by atoms with van der Waals surface area (Å²) < 4.78 is 24.5. The second-order valence-electron chi connectivity index (χ2n) is 4.52. The van der Waals surface area contributed by atoms with Crippen LogP contribution in [0.2, 0.25) is 0 Å². The third-order valence-corrected chi connectivity index (χ3v) is 3.17. The third kappa shape index (κ3) is 2.85. The van der Waals surface area contributed by atoms with Gasteiger partial charge in [-0.2, -0.15) is 0 Å². The number of carbonyl (C=O) groups excluding carboxylic acids is 1. The van der Waals surface area contributed by atoms with E-state index >= 15 is 0 Å². The van der Waals surface area contributed by atoms with Gasteiger partial charge in [0.15, 0.2) is 0 Å². The lowest BCUT2D eigenvalue weighted by Gasteiger charge is -2.28. The topological polar surface area (TPSA) is 32.3 Å². The van der Waals surface area contributed by atoms with Gasteiger partial charge in [-0.15, -0.1) is 0 Å². The first-order valence-electron chi connectivity index (χ1n) is 5.91. The van der Waals surface area contributed by atoms with Crippen LogP contribution in [0.5, 0.6) is 0 Å². The summed E-state index contributed by atoms with van der Waals surface area (Å²) in [4.78, 5) is 13.1. The maximum Gasteiger partial charge on any atom is 0.255 e. The Labute approximate surface area is 105 Å². The van der Waals surface area contributed by atoms with Crippen LogP contribution < -0.4 is 5.32 Å². The van der Waals surface area contributed by atoms with E-state index in [2.05, 4.69) is 5.32 Å². The number of hydrogen-bond donors (Lipinski definition) is 1. The quantitative estimate of drug-likeness (QED) is 0.885. The van der Waals surface area contributed by atoms with Crippen molar-refractivity contribution in [3.05, 3.63) is 35.4 Å². The van der Waals surface area contributed by atoms with Crippen LogP contribution in [0.15, 0.2) is 24.3 Å². The van der Waals surface area contributed by atoms with Gasteiger partial charge in [0.25, 0.3) is 6.43 Å². The number of carbonyl (C=O) groups is 1. The van der Waals surface area contributed by atoms with Gasteiger partial charge in [0.1, 0.15) is 0 Å². The first-order valence-corrected chi connectivity index (χ1v) is 5.91. The van der Waals surface area contributed by atoms with Gasteiger partial charge in [0, 0.05) is 13.6 Å². The highest BCUT2D eigenvalue weighted by Crippen LogP contribution is 2.17. The molecule has 98 valence electrons. The summed E-state index contributed by atoms with van der Waals surface area (Å²) in [6.07, 6.45) is -1.93. The van der Waals surface area contributed by atoms with Crippen molar-refractivity contribution in [1.82, 2.24) is 10.2 Å². The molecule has 0 spiro atoms. The van der Waals surface area contributed by atoms with Gasteiger partial charge in [-0.1, -0.05) is 24.3 Å². The fraction of sp³-hybridized carbons (Fsp3) is 0.462. The van der Waals surface area contributed by atoms with Crippen molar-refractivity contribution < 1.29 is 13.6 Å². The van der Waals surface area contributed by atoms with Crippen LogP contribution in [-0.4, -0.2) is 36.9 Å². The molecule has 0 bridgehead atoms. The Balaban J connectivity index is 2.02. The predicted molar refractivity (Wildman–Crippen MR) is 64.4 cm³/mol. The molecule has 0 fully saturated rings. The minimum absolute atomic E-state index is 0.273. The van der Waals surface area contributed by atoms with Crippen LogP contribution in [0, 0.1) is 0 Å². The van der Waals surface area contributed by atoms with Crippen LogP contribution in [0.25, 0.3) is 0 Å². The Morgan fingerprint density at radius 2 is 2.11 bits per heavy atom. The van der Waals surface area contributed by atoms with Crippen molar-refractivity contribution in [3.8, 4) is 0 Å². The molecule has 1 aromatic rings. The highest BCUT2D eigenvalue weighted by molar-refractivity contribution is 5.82. The monoisotopic (exact) mass is 254 g/mol. The molecule has 0 aromatic heterocycles. The van der Waals surface area contributed by atoms with Crippen molar-refractivity contribution in [2.75, 3.05) is 13.6 Å². The predicted octanol–water partition coefficient (Wildman–Crippen LogP) is 1.42. The van der Waals surface area contributed by atoms with E-state index in [9.17, 15) is 13.6 Å². The number of likely N-dealkylation sites (N-methyl/N-ethyl adjacent to an activating group) is 1. The maximum atomic E-state index is 12.2. The minimum Gasteiger partial charge on any atom is -0.339 e. The zero-order chi connectivity index (χ0) is 13.1. The number of nitrogens with one attached hydrogen (secondary N) is 1. The summed E-state index contributed by atoms with van der Waals surface area (Å²) >= 11 is 0. The van der Waals surface area contributed by atoms with Crippen LogP contribution in [0.3, 0.4) is 0 Å². The summed E-state index contributed by atoms with van der Waals surface area (Å²) in [6, 6.07) is 7.46. The van der Waals surface area contributed by atoms with Gasteiger partial charge in [-0.25, -0.2) is 8.78 Å². The second-order valence-corrected chi connectivity index (χ2v) is 4.52. The summed E-state index contributed by atoms with van der Waals surface area (Å²) in [6.45, 7) is 0.0910. The van der Waals surface area contributed by atoms with Gasteiger partial charge in [0.05, 0.1) is 12.6 Å². The Kier molecular flexibility index (Phi) is 3.91. The molecule has 0 radical (unpaired) electrons. The lowest BCUT2D eigenvalue weighted by molar-refractivity contribution is -0.134. The van der Waals surface area contributed by atoms with Crippen LogP contribution in [0.1, 0.15) is 11.1 Å². The van der Waals surface area contributed by atoms with E-state index in [1.54, 1.807) is 0 Å². The van der Waals surface area contributed by atoms with E-state index in [0.29, 0.717) is 13.0 Å². The Morgan fingerprint density at radius 1 is 1.44 bits per heavy atom. The largest absolute Gasteiger partial charge is 0.339 e. The number of nitrogens with zero attached hydrogens (tertiary/aromatic N) is 1. The molecule has 18 heavy (non-hydrogen) atoms. The van der Waals surface area contributed by atoms with Gasteiger partial charge in [-0.05, 0) is 17.5 Å². The Hall–Kier alpha value is -1.49. The molecular formula is C13H16F2N2O. The van der Waals surface area contributed by atoms with Gasteiger partial charge in [0.2, 0.25) is 5.91 Å². The van der Waals surface area contributed by atoms with E-state index in [1.165, 1.54) is 7.05 Å². The molecular weight excluding hydrogens is 238 g/mol. The minimum atomic E-state index is -2.49. The highest BCUT2D eigenvalue weighted by atomic mass is 19.3. The Morgan fingerprint density at radius 3 is 2.78 bits per heavy atom. The molecule has 1 amide bonds. The molecule has 1 aliphatic heterocycles. The molecule has 1 atom stereocenters. The van der Waals surface area contributed by atoms with Crippen molar-refractivity contribution in [1.29, 1.82) is 0 Å². The standard InChI is InChI=1S/C13H16F2N2O/c1-17(8-12(14)15)13(18)11-6-9-4-2-3-5-10(9)7-16-11/h2-5,11-12,16H,6-8H2,1H3/t11-/m0/s1. The molecule has 0 aliphatic carbocycles. The van der Waals surface area contributed by atoms with Gasteiger partial charge in [-0.3, -0.25) is 4.79 Å². The number of benzene rings is 1. The summed E-state index contributed by atoms with van der Waals surface area (Å²) in [5.74, 6) is -0.273. The zero-order valence-corrected chi connectivity index (χ0v) is 10.2. The van der Waals surface area contributed by atoms with Gasteiger partial charge >= 0.3 is 0 Å². The smallest absolute Gasteiger partial charge is 0.255 e. The fourth-order valence-corrected chi connectivity index (χ4v) is 2.19. The molecule has 0 saturated heterocycles. The number of hydrogen-bond acceptors (Lipinski definition) is 2. The van der Waals surface area contributed by atoms with Crippen LogP contribution >= 0.6 is 0 Å². The Bertz CT molecular complexity index is 437. The molecule has 5 heteroatoms. The van der Waals surface area contributed by atoms with Crippen LogP contribution in [0.4, 0.5) is 8.78 Å². The van der Waals surface area contributed by atoms with E-state index in [4.69, 9.17) is 0 Å². The SMILES string of the molecule is CN(CC(F)F)C(=O)[C@@H]1Cc2ccccc2CN1. The number of halogens is 2. The van der Waals surface area contributed by atoms with Crippen LogP contribution in [-0.2, 0) is 17.8 Å². The fourth-order valence-electron chi connectivity index (χ4n) is 2.19. The summed E-state index contributed by atoms with van der Waals surface area (Å²) in [5, 5.41) is 3.09. The summed E-state index contributed by atoms with van der Waals surface area (Å²) in [5.41, 5.74) is 2.28. The average Bonchev–Trinajstić information content (AvgIpc) is 2.36. The number of fused-ring (bicyclic) bond motifs is 1. The average molecular weight is 254 g/mol. The lowest BCUT2D eigenvalue weighted by atomic mass is 9.95. The molecule has 2 rings (SSSR count). The van der Waals surface area contributed by atoms with Crippen molar-refractivity contribution in [2.24, 2.45) is 0 Å². The second kappa shape index (κ2) is 5.44.